The van der Waals surface area contributed by atoms with Crippen LogP contribution in [0.15, 0.2) is 54.7 Å². The van der Waals surface area contributed by atoms with Gasteiger partial charge in [-0.2, -0.15) is 13.2 Å². The molecule has 1 aliphatic heterocycles. The second-order valence-corrected chi connectivity index (χ2v) is 7.37. The monoisotopic (exact) mass is 485 g/mol. The lowest BCUT2D eigenvalue weighted by Gasteiger charge is -2.25. The highest BCUT2D eigenvalue weighted by molar-refractivity contribution is 5.66. The van der Waals surface area contributed by atoms with Gasteiger partial charge in [-0.15, -0.1) is 13.2 Å². The van der Waals surface area contributed by atoms with E-state index in [0.29, 0.717) is 22.4 Å². The van der Waals surface area contributed by atoms with Crippen molar-refractivity contribution >= 4 is 0 Å². The molecule has 4 rings (SSSR count). The van der Waals surface area contributed by atoms with Crippen LogP contribution in [0.4, 0.5) is 26.3 Å². The van der Waals surface area contributed by atoms with Crippen molar-refractivity contribution in [3.05, 3.63) is 71.8 Å². The number of hydrogen-bond acceptors (Lipinski definition) is 6. The van der Waals surface area contributed by atoms with Crippen molar-refractivity contribution in [2.24, 2.45) is 0 Å². The summed E-state index contributed by atoms with van der Waals surface area (Å²) in [6.07, 6.45) is -9.67. The quantitative estimate of drug-likeness (QED) is 0.528. The van der Waals surface area contributed by atoms with Crippen LogP contribution in [0.1, 0.15) is 23.3 Å². The summed E-state index contributed by atoms with van der Waals surface area (Å²) < 4.78 is 85.5. The minimum absolute atomic E-state index is 0.117. The van der Waals surface area contributed by atoms with Crippen molar-refractivity contribution < 1.29 is 40.9 Å². The van der Waals surface area contributed by atoms with Crippen molar-refractivity contribution in [1.82, 2.24) is 14.9 Å². The Labute approximate surface area is 189 Å². The molecule has 1 aliphatic rings. The third kappa shape index (κ3) is 5.57. The number of aliphatic hydroxyl groups is 1. The van der Waals surface area contributed by atoms with E-state index in [9.17, 15) is 31.4 Å². The highest BCUT2D eigenvalue weighted by Gasteiger charge is 2.34. The molecule has 34 heavy (non-hydrogen) atoms. The van der Waals surface area contributed by atoms with Gasteiger partial charge in [-0.1, -0.05) is 18.2 Å². The average molecular weight is 485 g/mol. The molecule has 1 atom stereocenters. The van der Waals surface area contributed by atoms with Gasteiger partial charge in [0.25, 0.3) is 0 Å². The van der Waals surface area contributed by atoms with E-state index >= 15 is 0 Å². The molecule has 6 nitrogen and oxygen atoms in total. The molecule has 0 aliphatic carbocycles. The second-order valence-electron chi connectivity index (χ2n) is 7.37. The summed E-state index contributed by atoms with van der Waals surface area (Å²) in [4.78, 5) is 8.87. The molecule has 1 N–H and O–H groups in total. The first-order valence-corrected chi connectivity index (χ1v) is 9.94. The maximum atomic E-state index is 13.0. The van der Waals surface area contributed by atoms with Crippen molar-refractivity contribution in [3.63, 3.8) is 0 Å². The van der Waals surface area contributed by atoms with Gasteiger partial charge >= 0.3 is 12.5 Å². The summed E-state index contributed by atoms with van der Waals surface area (Å²) in [5, 5.41) is 11.0. The average Bonchev–Trinajstić information content (AvgIpc) is 2.91. The van der Waals surface area contributed by atoms with E-state index in [1.807, 2.05) is 0 Å². The molecular weight excluding hydrogens is 468 g/mol. The predicted molar refractivity (Wildman–Crippen MR) is 106 cm³/mol. The van der Waals surface area contributed by atoms with Crippen molar-refractivity contribution in [2.45, 2.75) is 25.3 Å². The first-order chi connectivity index (χ1) is 16.0. The fraction of sp³-hybridized carbons (Fsp3) is 0.273. The van der Waals surface area contributed by atoms with Crippen LogP contribution in [-0.2, 0) is 12.7 Å². The zero-order chi connectivity index (χ0) is 24.5. The zero-order valence-corrected chi connectivity index (χ0v) is 17.3. The normalized spacial score (nSPS) is 17.0. The number of aliphatic hydroxyl groups excluding tert-OH is 1. The van der Waals surface area contributed by atoms with E-state index in [-0.39, 0.29) is 31.3 Å². The Bertz CT molecular complexity index is 1150. The smallest absolute Gasteiger partial charge is 0.492 e. The summed E-state index contributed by atoms with van der Waals surface area (Å²) in [6.45, 7) is 0.182. The zero-order valence-electron chi connectivity index (χ0n) is 17.3. The first-order valence-electron chi connectivity index (χ1n) is 9.94. The summed E-state index contributed by atoms with van der Waals surface area (Å²) in [5.74, 6) is -0.115. The molecule has 0 saturated carbocycles. The van der Waals surface area contributed by atoms with Crippen molar-refractivity contribution in [1.29, 1.82) is 0 Å². The minimum atomic E-state index is -4.81. The van der Waals surface area contributed by atoms with Crippen molar-refractivity contribution in [3.8, 4) is 22.6 Å². The van der Waals surface area contributed by atoms with E-state index < -0.39 is 24.5 Å². The third-order valence-corrected chi connectivity index (χ3v) is 5.03. The fourth-order valence-electron chi connectivity index (χ4n) is 3.48. The Kier molecular flexibility index (Phi) is 6.36. The van der Waals surface area contributed by atoms with Gasteiger partial charge in [0, 0.05) is 18.3 Å². The van der Waals surface area contributed by atoms with E-state index in [1.165, 1.54) is 29.2 Å². The SMILES string of the molecule is OC1c2cc(-c3ccc(OC(F)(F)F)cc3)ccc2OCCN1Cc1nccc(C(F)(F)F)n1. The predicted octanol–water partition coefficient (Wildman–Crippen LogP) is 4.95. The van der Waals surface area contributed by atoms with Gasteiger partial charge in [0.1, 0.15) is 35.9 Å². The van der Waals surface area contributed by atoms with Gasteiger partial charge in [0.15, 0.2) is 0 Å². The lowest BCUT2D eigenvalue weighted by atomic mass is 10.0. The highest BCUT2D eigenvalue weighted by Crippen LogP contribution is 2.36. The van der Waals surface area contributed by atoms with Crippen LogP contribution in [-0.4, -0.2) is 39.5 Å². The van der Waals surface area contributed by atoms with Gasteiger partial charge in [0.2, 0.25) is 0 Å². The number of aromatic nitrogens is 2. The minimum Gasteiger partial charge on any atom is -0.492 e. The van der Waals surface area contributed by atoms with E-state index in [0.717, 1.165) is 12.3 Å². The van der Waals surface area contributed by atoms with Crippen LogP contribution in [0.5, 0.6) is 11.5 Å². The molecular formula is C22H17F6N3O3. The Morgan fingerprint density at radius 3 is 2.38 bits per heavy atom. The van der Waals surface area contributed by atoms with E-state index in [2.05, 4.69) is 14.7 Å². The highest BCUT2D eigenvalue weighted by atomic mass is 19.4. The molecule has 2 heterocycles. The van der Waals surface area contributed by atoms with Crippen LogP contribution in [0, 0.1) is 0 Å². The standard InChI is InChI=1S/C22H17F6N3O3/c23-21(24,25)18-7-8-29-19(30-18)12-31-9-10-33-17-6-3-14(11-16(17)20(31)32)13-1-4-15(5-2-13)34-22(26,27)28/h1-8,11,20,32H,9-10,12H2. The molecule has 0 fully saturated rings. The van der Waals surface area contributed by atoms with Crippen LogP contribution in [0.25, 0.3) is 11.1 Å². The summed E-state index contributed by atoms with van der Waals surface area (Å²) in [5.41, 5.74) is 0.398. The number of rotatable bonds is 4. The van der Waals surface area contributed by atoms with Crippen LogP contribution in [0.2, 0.25) is 0 Å². The summed E-state index contributed by atoms with van der Waals surface area (Å²) >= 11 is 0. The number of fused-ring (bicyclic) bond motifs is 1. The molecule has 0 bridgehead atoms. The number of benzene rings is 2. The maximum absolute atomic E-state index is 13.0. The third-order valence-electron chi connectivity index (χ3n) is 5.03. The number of halogens is 6. The molecule has 0 amide bonds. The molecule has 3 aromatic rings. The number of hydrogen-bond donors (Lipinski definition) is 1. The molecule has 2 aromatic carbocycles. The number of nitrogens with zero attached hydrogens (tertiary/aromatic N) is 3. The topological polar surface area (TPSA) is 67.7 Å². The number of alkyl halides is 6. The molecule has 1 aromatic heterocycles. The maximum Gasteiger partial charge on any atom is 0.573 e. The number of ether oxygens (including phenoxy) is 2. The molecule has 0 saturated heterocycles. The Hall–Kier alpha value is -3.38. The van der Waals surface area contributed by atoms with Crippen LogP contribution >= 0.6 is 0 Å². The Balaban J connectivity index is 1.57. The van der Waals surface area contributed by atoms with Crippen LogP contribution in [0.3, 0.4) is 0 Å². The summed E-state index contributed by atoms with van der Waals surface area (Å²) in [7, 11) is 0. The van der Waals surface area contributed by atoms with Gasteiger partial charge < -0.3 is 14.6 Å². The Morgan fingerprint density at radius 1 is 1.00 bits per heavy atom. The fourth-order valence-corrected chi connectivity index (χ4v) is 3.48. The lowest BCUT2D eigenvalue weighted by Crippen LogP contribution is -2.31. The second kappa shape index (κ2) is 9.11. The lowest BCUT2D eigenvalue weighted by molar-refractivity contribution is -0.274. The first kappa shape index (κ1) is 23.8. The van der Waals surface area contributed by atoms with Crippen molar-refractivity contribution in [2.75, 3.05) is 13.2 Å². The van der Waals surface area contributed by atoms with Gasteiger partial charge in [-0.25, -0.2) is 9.97 Å². The molecule has 180 valence electrons. The largest absolute Gasteiger partial charge is 0.573 e. The molecule has 1 unspecified atom stereocenters. The molecule has 12 heteroatoms. The van der Waals surface area contributed by atoms with Gasteiger partial charge in [-0.05, 0) is 41.5 Å². The summed E-state index contributed by atoms with van der Waals surface area (Å²) in [6, 6.07) is 10.8. The van der Waals surface area contributed by atoms with E-state index in [4.69, 9.17) is 4.74 Å². The Morgan fingerprint density at radius 2 is 1.71 bits per heavy atom. The van der Waals surface area contributed by atoms with Gasteiger partial charge in [0.05, 0.1) is 6.54 Å². The molecule has 0 radical (unpaired) electrons. The van der Waals surface area contributed by atoms with E-state index in [1.54, 1.807) is 18.2 Å². The van der Waals surface area contributed by atoms with Crippen LogP contribution < -0.4 is 9.47 Å². The molecule has 0 spiro atoms. The van der Waals surface area contributed by atoms with Gasteiger partial charge in [-0.3, -0.25) is 4.90 Å².